The fraction of sp³-hybridized carbons (Fsp3) is 0.208. The van der Waals surface area contributed by atoms with Crippen molar-refractivity contribution >= 4 is 62.2 Å². The summed E-state index contributed by atoms with van der Waals surface area (Å²) in [6.07, 6.45) is 1.36. The van der Waals surface area contributed by atoms with Gasteiger partial charge in [0.25, 0.3) is 0 Å². The van der Waals surface area contributed by atoms with Crippen molar-refractivity contribution in [1.29, 1.82) is 0 Å². The lowest BCUT2D eigenvalue weighted by molar-refractivity contribution is -0.144. The van der Waals surface area contributed by atoms with Gasteiger partial charge in [0.1, 0.15) is 12.6 Å². The van der Waals surface area contributed by atoms with Gasteiger partial charge in [-0.15, -0.1) is 0 Å². The van der Waals surface area contributed by atoms with Gasteiger partial charge in [-0.25, -0.2) is 14.4 Å². The number of anilines is 1. The maximum Gasteiger partial charge on any atom is 0.345 e. The monoisotopic (exact) mass is 531 g/mol. The molecule has 1 aliphatic rings. The highest BCUT2D eigenvalue weighted by Gasteiger charge is 2.31. The molecule has 0 bridgehead atoms. The van der Waals surface area contributed by atoms with E-state index in [-0.39, 0.29) is 36.4 Å². The first-order valence-electron chi connectivity index (χ1n) is 10.2. The van der Waals surface area contributed by atoms with Crippen molar-refractivity contribution in [2.24, 2.45) is 0 Å². The third-order valence-corrected chi connectivity index (χ3v) is 5.88. The summed E-state index contributed by atoms with van der Waals surface area (Å²) >= 11 is 9.57. The highest BCUT2D eigenvalue weighted by Crippen LogP contribution is 2.36. The van der Waals surface area contributed by atoms with Crippen LogP contribution in [0.15, 0.2) is 61.7 Å². The van der Waals surface area contributed by atoms with Crippen molar-refractivity contribution < 1.29 is 23.5 Å². The van der Waals surface area contributed by atoms with Crippen LogP contribution in [0, 0.1) is 0 Å². The molecule has 0 amide bonds. The van der Waals surface area contributed by atoms with Crippen LogP contribution >= 0.6 is 27.5 Å². The lowest BCUT2D eigenvalue weighted by Gasteiger charge is -2.18. The number of halogens is 2. The molecular formula is C24H19BrClNO6. The predicted octanol–water partition coefficient (Wildman–Crippen LogP) is 5.08. The molecule has 0 saturated carbocycles. The van der Waals surface area contributed by atoms with Crippen LogP contribution < -0.4 is 10.9 Å². The standard InChI is InChI=1S/C24H19BrClNO6/c1-2-31-24(30)19-9-14(22(28)32-12-13-6-4-3-5-7-13)8-17-20(27-19)16-10-15(26)11-18(25)21(16)33-23(17)29/h3-8,10-11,19,27H,2,9,12H2,1H3. The largest absolute Gasteiger partial charge is 0.464 e. The van der Waals surface area contributed by atoms with Gasteiger partial charge >= 0.3 is 17.6 Å². The molecule has 1 atom stereocenters. The van der Waals surface area contributed by atoms with Gasteiger partial charge in [-0.05, 0) is 46.6 Å². The average molecular weight is 533 g/mol. The third-order valence-electron chi connectivity index (χ3n) is 5.07. The molecule has 0 saturated heterocycles. The molecule has 9 heteroatoms. The highest BCUT2D eigenvalue weighted by molar-refractivity contribution is 9.10. The number of hydrogen-bond donors (Lipinski definition) is 1. The number of ether oxygens (including phenoxy) is 2. The van der Waals surface area contributed by atoms with Crippen LogP contribution in [0.25, 0.3) is 17.0 Å². The second-order valence-corrected chi connectivity index (χ2v) is 8.62. The quantitative estimate of drug-likeness (QED) is 0.361. The summed E-state index contributed by atoms with van der Waals surface area (Å²) < 4.78 is 16.6. The smallest absolute Gasteiger partial charge is 0.345 e. The van der Waals surface area contributed by atoms with Crippen molar-refractivity contribution in [3.8, 4) is 0 Å². The molecule has 4 rings (SSSR count). The molecule has 170 valence electrons. The molecule has 1 unspecified atom stereocenters. The number of fused-ring (bicyclic) bond motifs is 3. The maximum atomic E-state index is 12.9. The van der Waals surface area contributed by atoms with Gasteiger partial charge in [0.15, 0.2) is 5.58 Å². The molecule has 0 spiro atoms. The predicted molar refractivity (Wildman–Crippen MR) is 128 cm³/mol. The zero-order valence-electron chi connectivity index (χ0n) is 17.5. The SMILES string of the molecule is CCOC(=O)C1CC(C(=O)OCc2ccccc2)=Cc2c(c3cc(Cl)cc(Br)c3oc2=O)N1. The van der Waals surface area contributed by atoms with E-state index in [0.717, 1.165) is 5.56 Å². The van der Waals surface area contributed by atoms with Crippen LogP contribution in [-0.4, -0.2) is 24.6 Å². The lowest BCUT2D eigenvalue weighted by atomic mass is 10.1. The van der Waals surface area contributed by atoms with Crippen molar-refractivity contribution in [2.45, 2.75) is 26.0 Å². The molecule has 1 aliphatic heterocycles. The number of hydrogen-bond acceptors (Lipinski definition) is 7. The molecule has 33 heavy (non-hydrogen) atoms. The summed E-state index contributed by atoms with van der Waals surface area (Å²) in [6.45, 7) is 1.90. The summed E-state index contributed by atoms with van der Waals surface area (Å²) in [4.78, 5) is 38.4. The number of nitrogens with one attached hydrogen (secondary N) is 1. The molecule has 2 heterocycles. The summed E-state index contributed by atoms with van der Waals surface area (Å²) in [5.41, 5.74) is 0.963. The van der Waals surface area contributed by atoms with Crippen LogP contribution in [0.1, 0.15) is 24.5 Å². The molecule has 0 radical (unpaired) electrons. The zero-order chi connectivity index (χ0) is 23.5. The number of carbonyl (C=O) groups excluding carboxylic acids is 2. The second-order valence-electron chi connectivity index (χ2n) is 7.33. The number of benzene rings is 2. The van der Waals surface area contributed by atoms with Crippen LogP contribution in [0.4, 0.5) is 5.69 Å². The van der Waals surface area contributed by atoms with Crippen LogP contribution in [0.3, 0.4) is 0 Å². The molecule has 1 N–H and O–H groups in total. The molecule has 1 aromatic heterocycles. The number of rotatable bonds is 5. The van der Waals surface area contributed by atoms with E-state index in [2.05, 4.69) is 21.2 Å². The van der Waals surface area contributed by atoms with Crippen LogP contribution in [0.5, 0.6) is 0 Å². The van der Waals surface area contributed by atoms with E-state index >= 15 is 0 Å². The fourth-order valence-corrected chi connectivity index (χ4v) is 4.44. The van der Waals surface area contributed by atoms with E-state index < -0.39 is 23.6 Å². The topological polar surface area (TPSA) is 94.8 Å². The minimum absolute atomic E-state index is 0.0379. The third kappa shape index (κ3) is 4.96. The molecule has 3 aromatic rings. The first-order chi connectivity index (χ1) is 15.9. The Hall–Kier alpha value is -3.10. The molecule has 2 aromatic carbocycles. The average Bonchev–Trinajstić information content (AvgIpc) is 3.01. The first-order valence-corrected chi connectivity index (χ1v) is 11.3. The van der Waals surface area contributed by atoms with Gasteiger partial charge in [0.05, 0.1) is 22.3 Å². The Morgan fingerprint density at radius 1 is 1.21 bits per heavy atom. The van der Waals surface area contributed by atoms with E-state index in [1.165, 1.54) is 6.08 Å². The number of esters is 2. The van der Waals surface area contributed by atoms with Gasteiger partial charge in [-0.3, -0.25) is 0 Å². The van der Waals surface area contributed by atoms with E-state index in [0.29, 0.717) is 20.6 Å². The Labute approximate surface area is 202 Å². The zero-order valence-corrected chi connectivity index (χ0v) is 19.9. The van der Waals surface area contributed by atoms with Crippen molar-refractivity contribution in [2.75, 3.05) is 11.9 Å². The molecule has 7 nitrogen and oxygen atoms in total. The summed E-state index contributed by atoms with van der Waals surface area (Å²) in [6, 6.07) is 11.5. The minimum atomic E-state index is -0.926. The molecule has 0 fully saturated rings. The summed E-state index contributed by atoms with van der Waals surface area (Å²) in [5.74, 6) is -1.20. The van der Waals surface area contributed by atoms with Crippen molar-refractivity contribution in [1.82, 2.24) is 0 Å². The van der Waals surface area contributed by atoms with Crippen LogP contribution in [0.2, 0.25) is 5.02 Å². The van der Waals surface area contributed by atoms with Crippen LogP contribution in [-0.2, 0) is 25.7 Å². The van der Waals surface area contributed by atoms with Gasteiger partial charge in [-0.1, -0.05) is 41.9 Å². The first kappa shape index (κ1) is 23.1. The van der Waals surface area contributed by atoms with Gasteiger partial charge in [0, 0.05) is 22.4 Å². The summed E-state index contributed by atoms with van der Waals surface area (Å²) in [5, 5.41) is 3.95. The minimum Gasteiger partial charge on any atom is -0.464 e. The highest BCUT2D eigenvalue weighted by atomic mass is 79.9. The Morgan fingerprint density at radius 3 is 2.70 bits per heavy atom. The van der Waals surface area contributed by atoms with E-state index in [1.54, 1.807) is 19.1 Å². The molecular weight excluding hydrogens is 514 g/mol. The van der Waals surface area contributed by atoms with Crippen molar-refractivity contribution in [3.05, 3.63) is 79.1 Å². The Bertz CT molecular complexity index is 1320. The second kappa shape index (κ2) is 9.80. The van der Waals surface area contributed by atoms with E-state index in [4.69, 9.17) is 25.5 Å². The molecule has 0 aliphatic carbocycles. The Balaban J connectivity index is 1.79. The van der Waals surface area contributed by atoms with E-state index in [1.807, 2.05) is 30.3 Å². The number of carbonyl (C=O) groups is 2. The van der Waals surface area contributed by atoms with E-state index in [9.17, 15) is 14.4 Å². The lowest BCUT2D eigenvalue weighted by Crippen LogP contribution is -2.32. The van der Waals surface area contributed by atoms with Gasteiger partial charge in [-0.2, -0.15) is 0 Å². The van der Waals surface area contributed by atoms with Gasteiger partial charge in [0.2, 0.25) is 0 Å². The summed E-state index contributed by atoms with van der Waals surface area (Å²) in [7, 11) is 0. The maximum absolute atomic E-state index is 12.9. The Morgan fingerprint density at radius 2 is 1.97 bits per heavy atom. The fourth-order valence-electron chi connectivity index (χ4n) is 3.55. The normalized spacial score (nSPS) is 15.1. The van der Waals surface area contributed by atoms with Crippen molar-refractivity contribution in [3.63, 3.8) is 0 Å². The Kier molecular flexibility index (Phi) is 6.85. The van der Waals surface area contributed by atoms with Gasteiger partial charge < -0.3 is 19.2 Å².